The minimum Gasteiger partial charge on any atom is -0.478 e. The molecule has 3 N–H and O–H groups in total. The first kappa shape index (κ1) is 58.6. The Balaban J connectivity index is 0.000000264. The number of nitrogens with one attached hydrogen (secondary N) is 2. The number of fused-ring (bicyclic) bond motifs is 2. The lowest BCUT2D eigenvalue weighted by molar-refractivity contribution is -0.147. The molecule has 2 saturated carbocycles. The Morgan fingerprint density at radius 1 is 0.658 bits per heavy atom. The van der Waals surface area contributed by atoms with Gasteiger partial charge in [-0.25, -0.2) is 35.2 Å². The first-order chi connectivity index (χ1) is 33.2. The first-order valence-corrected chi connectivity index (χ1v) is 25.2. The van der Waals surface area contributed by atoms with Gasteiger partial charge in [-0.1, -0.05) is 25.7 Å². The maximum Gasteiger partial charge on any atom is 0.404 e. The number of aromatic nitrogens is 4. The Kier molecular flexibility index (Phi) is 17.9. The molecule has 2 aliphatic rings. The number of hydrogen-bond donors (Lipinski definition) is 3. The lowest BCUT2D eigenvalue weighted by Gasteiger charge is -2.19. The summed E-state index contributed by atoms with van der Waals surface area (Å²) < 4.78 is 168. The van der Waals surface area contributed by atoms with Gasteiger partial charge in [0, 0.05) is 35.2 Å². The molecule has 0 spiro atoms. The minimum atomic E-state index is -4.77. The molecule has 0 radical (unpaired) electrons. The fraction of sp³-hybridized carbons (Fsp3) is 0.404. The average Bonchev–Trinajstić information content (AvgIpc) is 4.12. The first-order valence-electron chi connectivity index (χ1n) is 22.3. The highest BCUT2D eigenvalue weighted by Gasteiger charge is 2.41. The molecular weight excluding hydrogens is 1060 g/mol. The van der Waals surface area contributed by atoms with Gasteiger partial charge < -0.3 is 19.0 Å². The summed E-state index contributed by atoms with van der Waals surface area (Å²) in [5, 5.41) is 10.6. The van der Waals surface area contributed by atoms with Crippen LogP contribution in [0, 0.1) is 25.5 Å². The molecule has 8 rings (SSSR count). The molecule has 2 fully saturated rings. The Morgan fingerprint density at radius 2 is 1.01 bits per heavy atom. The number of aromatic carboxylic acids is 1. The number of carbonyl (C=O) groups is 2. The molecule has 26 heteroatoms. The summed E-state index contributed by atoms with van der Waals surface area (Å²) in [6.45, 7) is 4.57. The van der Waals surface area contributed by atoms with E-state index < -0.39 is 77.8 Å². The second-order valence-electron chi connectivity index (χ2n) is 17.6. The number of ether oxygens (including phenoxy) is 1. The third kappa shape index (κ3) is 12.0. The van der Waals surface area contributed by atoms with E-state index in [1.54, 1.807) is 35.4 Å². The Bertz CT molecular complexity index is 3250. The summed E-state index contributed by atoms with van der Waals surface area (Å²) >= 11 is 0. The van der Waals surface area contributed by atoms with Crippen molar-refractivity contribution >= 4 is 80.8 Å². The molecule has 4 heterocycles. The normalized spacial score (nSPS) is 15.6. The Morgan fingerprint density at radius 3 is 1.33 bits per heavy atom. The molecule has 0 aliphatic heterocycles. The number of sulfonamides is 2. The monoisotopic (exact) mass is 1110 g/mol. The number of esters is 1. The second-order valence-corrected chi connectivity index (χ2v) is 21.1. The highest BCUT2D eigenvalue weighted by molar-refractivity contribution is 7.89. The molecule has 0 amide bonds. The van der Waals surface area contributed by atoms with Crippen molar-refractivity contribution in [1.82, 2.24) is 28.5 Å². The van der Waals surface area contributed by atoms with Crippen LogP contribution in [0.15, 0.2) is 70.7 Å². The van der Waals surface area contributed by atoms with Gasteiger partial charge >= 0.3 is 24.3 Å². The molecule has 0 saturated heterocycles. The van der Waals surface area contributed by atoms with Gasteiger partial charge in [0.25, 0.3) is 0 Å². The maximum absolute atomic E-state index is 14.6. The fourth-order valence-electron chi connectivity index (χ4n) is 9.07. The molecule has 14 nitrogen and oxygen atoms in total. The smallest absolute Gasteiger partial charge is 0.404 e. The van der Waals surface area contributed by atoms with Crippen LogP contribution in [-0.4, -0.2) is 84.5 Å². The number of carboxylic acids is 1. The number of methoxy groups -OCH3 is 1. The van der Waals surface area contributed by atoms with Crippen LogP contribution in [0.5, 0.6) is 0 Å². The van der Waals surface area contributed by atoms with Crippen LogP contribution in [-0.2, 0) is 24.8 Å². The van der Waals surface area contributed by atoms with Crippen LogP contribution >= 0.6 is 27.0 Å². The summed E-state index contributed by atoms with van der Waals surface area (Å²) in [4.78, 5) is 32.6. The summed E-state index contributed by atoms with van der Waals surface area (Å²) in [7, 11) is -7.85. The van der Waals surface area contributed by atoms with Gasteiger partial charge in [-0.2, -0.15) is 62.8 Å². The van der Waals surface area contributed by atoms with Gasteiger partial charge in [0.1, 0.15) is 33.5 Å². The lowest BCUT2D eigenvalue weighted by atomic mass is 10.1. The van der Waals surface area contributed by atoms with E-state index in [1.807, 2.05) is 9.13 Å². The lowest BCUT2D eigenvalue weighted by Crippen LogP contribution is -2.42. The molecular formula is C47H52F8N6O8S4. The topological polar surface area (TPSA) is 192 Å². The molecule has 0 bridgehead atoms. The number of aryl methyl sites for hydroxylation is 2. The summed E-state index contributed by atoms with van der Waals surface area (Å²) in [5.74, 6) is -3.07. The van der Waals surface area contributed by atoms with Crippen LogP contribution in [0.2, 0.25) is 0 Å². The number of hydrogen-bond acceptors (Lipinski definition) is 9. The van der Waals surface area contributed by atoms with Crippen molar-refractivity contribution in [2.75, 3.05) is 7.11 Å². The highest BCUT2D eigenvalue weighted by Crippen LogP contribution is 2.44. The van der Waals surface area contributed by atoms with Gasteiger partial charge in [0.15, 0.2) is 0 Å². The van der Waals surface area contributed by atoms with E-state index in [1.165, 1.54) is 31.4 Å². The predicted molar refractivity (Wildman–Crippen MR) is 265 cm³/mol. The summed E-state index contributed by atoms with van der Waals surface area (Å²) in [6.07, 6.45) is -0.734. The van der Waals surface area contributed by atoms with E-state index in [4.69, 9.17) is 4.74 Å². The van der Waals surface area contributed by atoms with Crippen LogP contribution < -0.4 is 9.44 Å². The van der Waals surface area contributed by atoms with Gasteiger partial charge in [-0.15, -0.1) is 0 Å². The molecule has 2 aliphatic carbocycles. The van der Waals surface area contributed by atoms with E-state index in [0.29, 0.717) is 47.1 Å². The highest BCUT2D eigenvalue weighted by atomic mass is 32.2. The van der Waals surface area contributed by atoms with E-state index >= 15 is 0 Å². The number of alkyl halides is 6. The molecule has 73 heavy (non-hydrogen) atoms. The van der Waals surface area contributed by atoms with Crippen LogP contribution in [0.25, 0.3) is 44.6 Å². The van der Waals surface area contributed by atoms with Crippen LogP contribution in [0.3, 0.4) is 0 Å². The number of nitrogens with zero attached hydrogens (tertiary/aromatic N) is 4. The van der Waals surface area contributed by atoms with Crippen molar-refractivity contribution in [3.63, 3.8) is 0 Å². The summed E-state index contributed by atoms with van der Waals surface area (Å²) in [6, 6.07) is 5.77. The summed E-state index contributed by atoms with van der Waals surface area (Å²) in [5.41, 5.74) is 2.67. The van der Waals surface area contributed by atoms with Gasteiger partial charge in [-0.3, -0.25) is 9.97 Å². The van der Waals surface area contributed by atoms with E-state index in [-0.39, 0.29) is 72.7 Å². The zero-order valence-corrected chi connectivity index (χ0v) is 43.3. The minimum absolute atomic E-state index is 0. The van der Waals surface area contributed by atoms with Gasteiger partial charge in [0.2, 0.25) is 20.0 Å². The van der Waals surface area contributed by atoms with Crippen LogP contribution in [0.4, 0.5) is 35.1 Å². The van der Waals surface area contributed by atoms with Crippen molar-refractivity contribution in [3.05, 3.63) is 94.8 Å². The number of rotatable bonds is 12. The standard InChI is InChI=1S/C24H25F4N3O4S.C23H23F4N3O4S.2H2S/c1-13-10-20-17(11-18(13)25)21(23(32)35-3)22(31(20)15-6-4-5-7-15)19-9-8-16(12-29-19)36(33,34)30-14(2)24(26,27)28;1-12-9-19-16(10-17(12)24)20(22(31)32)21(30(19)14-5-3-4-6-14)18-8-7-15(11-28-18)35(33,34)29-13(2)23(25,26)27;;/h8-12,14-15,30H,4-7H2,1-3H3;7-11,13-14,29H,3-6H2,1-2H3,(H,31,32);2*1H2/t14-;13-;;/m00../s1. The fourth-order valence-corrected chi connectivity index (χ4v) is 11.4. The second kappa shape index (κ2) is 22.3. The number of halogens is 8. The number of carboxylic acid groups (broad SMARTS) is 1. The van der Waals surface area contributed by atoms with Crippen molar-refractivity contribution in [2.24, 2.45) is 0 Å². The molecule has 398 valence electrons. The third-order valence-corrected chi connectivity index (χ3v) is 15.8. The van der Waals surface area contributed by atoms with E-state index in [0.717, 1.165) is 75.9 Å². The van der Waals surface area contributed by atoms with Crippen molar-refractivity contribution in [3.8, 4) is 22.8 Å². The number of pyridine rings is 2. The van der Waals surface area contributed by atoms with Gasteiger partial charge in [0.05, 0.1) is 52.0 Å². The quantitative estimate of drug-likeness (QED) is 0.0785. The number of benzene rings is 2. The van der Waals surface area contributed by atoms with Gasteiger partial charge in [-0.05, 0) is 113 Å². The van der Waals surface area contributed by atoms with Crippen molar-refractivity contribution in [1.29, 1.82) is 0 Å². The van der Waals surface area contributed by atoms with E-state index in [2.05, 4.69) is 9.97 Å². The third-order valence-electron chi connectivity index (χ3n) is 12.8. The predicted octanol–water partition coefficient (Wildman–Crippen LogP) is 10.7. The molecule has 0 unspecified atom stereocenters. The maximum atomic E-state index is 14.6. The zero-order chi connectivity index (χ0) is 52.1. The molecule has 2 atom stereocenters. The molecule has 6 aromatic rings. The Hall–Kier alpha value is -5.28. The zero-order valence-electron chi connectivity index (χ0n) is 39.7. The van der Waals surface area contributed by atoms with Crippen molar-refractivity contribution < 1.29 is 71.4 Å². The van der Waals surface area contributed by atoms with Crippen molar-refractivity contribution in [2.45, 2.75) is 125 Å². The van der Waals surface area contributed by atoms with E-state index in [9.17, 15) is 66.7 Å². The number of carbonyl (C=O) groups excluding carboxylic acids is 1. The average molecular weight is 1110 g/mol. The SMILES string of the molecule is COC(=O)c1c(-c2ccc(S(=O)(=O)N[C@@H](C)C(F)(F)F)cn2)n(C2CCCC2)c2cc(C)c(F)cc12.Cc1cc2c(cc1F)c(C(=O)O)c(-c1ccc(S(=O)(=O)N[C@@H](C)C(F)(F)F)cn1)n2C1CCCC1.S.S. The van der Waals surface area contributed by atoms with Crippen LogP contribution in [0.1, 0.15) is 109 Å². The largest absolute Gasteiger partial charge is 0.478 e. The molecule has 2 aromatic carbocycles. The molecule has 4 aromatic heterocycles. The Labute approximate surface area is 428 Å².